The maximum atomic E-state index is 11.4. The Kier molecular flexibility index (Phi) is 12.0. The molecule has 1 aliphatic rings. The molecule has 1 heterocycles. The molecule has 0 saturated carbocycles. The average Bonchev–Trinajstić information content (AvgIpc) is 3.00. The van der Waals surface area contributed by atoms with Gasteiger partial charge in [0.2, 0.25) is 0 Å². The highest BCUT2D eigenvalue weighted by molar-refractivity contribution is 7.99. The van der Waals surface area contributed by atoms with Gasteiger partial charge in [-0.15, -0.1) is 0 Å². The van der Waals surface area contributed by atoms with Gasteiger partial charge in [-0.3, -0.25) is 0 Å². The van der Waals surface area contributed by atoms with Crippen molar-refractivity contribution in [2.24, 2.45) is 0 Å². The molecular weight excluding hydrogens is 540 g/mol. The number of nitriles is 1. The van der Waals surface area contributed by atoms with Crippen molar-refractivity contribution in [2.75, 3.05) is 18.1 Å². The van der Waals surface area contributed by atoms with Crippen molar-refractivity contribution in [2.45, 2.75) is 87.8 Å². The number of unbranched alkanes of at least 4 members (excludes halogenated alkanes) is 8. The Bertz CT molecular complexity index is 1410. The van der Waals surface area contributed by atoms with E-state index in [0.29, 0.717) is 5.56 Å². The lowest BCUT2D eigenvalue weighted by Crippen LogP contribution is -2.22. The summed E-state index contributed by atoms with van der Waals surface area (Å²) >= 11 is 1.70. The Hall–Kier alpha value is -3.69. The summed E-state index contributed by atoms with van der Waals surface area (Å²) in [5.74, 6) is -0.309. The SMILES string of the molecule is CCCCCCCCN1c2ccc(/C=C(/C#N)C(=O)O)cc2Sc2cc(-c3ccc(OCCCCCC)cc3)ccc21. The van der Waals surface area contributed by atoms with Gasteiger partial charge in [-0.2, -0.15) is 5.26 Å². The molecule has 6 heteroatoms. The van der Waals surface area contributed by atoms with E-state index < -0.39 is 5.97 Å². The molecule has 0 amide bonds. The molecule has 0 radical (unpaired) electrons. The zero-order valence-corrected chi connectivity index (χ0v) is 25.7. The van der Waals surface area contributed by atoms with Crippen molar-refractivity contribution in [3.63, 3.8) is 0 Å². The fourth-order valence-electron chi connectivity index (χ4n) is 5.23. The van der Waals surface area contributed by atoms with Gasteiger partial charge in [-0.25, -0.2) is 4.79 Å². The molecule has 0 bridgehead atoms. The number of carboxylic acids is 1. The van der Waals surface area contributed by atoms with Gasteiger partial charge >= 0.3 is 5.97 Å². The average molecular weight is 583 g/mol. The molecule has 0 atom stereocenters. The van der Waals surface area contributed by atoms with Crippen LogP contribution in [0.15, 0.2) is 76.0 Å². The molecule has 3 aromatic carbocycles. The van der Waals surface area contributed by atoms with Crippen LogP contribution < -0.4 is 9.64 Å². The highest BCUT2D eigenvalue weighted by Crippen LogP contribution is 2.49. The van der Waals surface area contributed by atoms with Crippen LogP contribution in [0.1, 0.15) is 83.6 Å². The summed E-state index contributed by atoms with van der Waals surface area (Å²) in [5.41, 5.74) is 5.05. The predicted octanol–water partition coefficient (Wildman–Crippen LogP) is 10.3. The second-order valence-electron chi connectivity index (χ2n) is 10.8. The third-order valence-electron chi connectivity index (χ3n) is 7.60. The van der Waals surface area contributed by atoms with Crippen molar-refractivity contribution in [1.82, 2.24) is 0 Å². The summed E-state index contributed by atoms with van der Waals surface area (Å²) in [7, 11) is 0. The molecule has 0 fully saturated rings. The van der Waals surface area contributed by atoms with Gasteiger partial charge < -0.3 is 14.7 Å². The highest BCUT2D eigenvalue weighted by atomic mass is 32.2. The van der Waals surface area contributed by atoms with Crippen molar-refractivity contribution in [1.29, 1.82) is 5.26 Å². The van der Waals surface area contributed by atoms with Crippen LogP contribution in [0.5, 0.6) is 5.75 Å². The van der Waals surface area contributed by atoms with Crippen LogP contribution in [0.2, 0.25) is 0 Å². The minimum absolute atomic E-state index is 0.268. The molecule has 0 aromatic heterocycles. The first-order valence-electron chi connectivity index (χ1n) is 15.4. The van der Waals surface area contributed by atoms with E-state index in [2.05, 4.69) is 67.3 Å². The number of nitrogens with zero attached hydrogens (tertiary/aromatic N) is 2. The topological polar surface area (TPSA) is 73.6 Å². The Morgan fingerprint density at radius 3 is 2.14 bits per heavy atom. The molecule has 1 N–H and O–H groups in total. The number of anilines is 2. The molecule has 220 valence electrons. The molecule has 4 rings (SSSR count). The van der Waals surface area contributed by atoms with Crippen molar-refractivity contribution in [3.8, 4) is 22.9 Å². The summed E-state index contributed by atoms with van der Waals surface area (Å²) in [5, 5.41) is 18.6. The van der Waals surface area contributed by atoms with E-state index in [1.807, 2.05) is 12.1 Å². The number of hydrogen-bond donors (Lipinski definition) is 1. The minimum atomic E-state index is -1.21. The fourth-order valence-corrected chi connectivity index (χ4v) is 6.42. The Morgan fingerprint density at radius 1 is 0.833 bits per heavy atom. The Balaban J connectivity index is 1.56. The van der Waals surface area contributed by atoms with Gasteiger partial charge in [0.05, 0.1) is 18.0 Å². The molecule has 0 aliphatic carbocycles. The third kappa shape index (κ3) is 8.42. The lowest BCUT2D eigenvalue weighted by molar-refractivity contribution is -0.132. The lowest BCUT2D eigenvalue weighted by atomic mass is 10.0. The van der Waals surface area contributed by atoms with Crippen LogP contribution in [0.3, 0.4) is 0 Å². The van der Waals surface area contributed by atoms with E-state index >= 15 is 0 Å². The third-order valence-corrected chi connectivity index (χ3v) is 8.69. The van der Waals surface area contributed by atoms with Crippen LogP contribution in [0.25, 0.3) is 17.2 Å². The number of rotatable bonds is 16. The van der Waals surface area contributed by atoms with Crippen molar-refractivity contribution >= 4 is 35.2 Å². The van der Waals surface area contributed by atoms with Gasteiger partial charge in [0.1, 0.15) is 17.4 Å². The minimum Gasteiger partial charge on any atom is -0.494 e. The summed E-state index contributed by atoms with van der Waals surface area (Å²) in [6.07, 6.45) is 13.6. The Labute approximate surface area is 255 Å². The molecule has 42 heavy (non-hydrogen) atoms. The normalized spacial score (nSPS) is 12.4. The van der Waals surface area contributed by atoms with Crippen LogP contribution in [0.4, 0.5) is 11.4 Å². The second-order valence-corrected chi connectivity index (χ2v) is 11.9. The number of aliphatic carboxylic acids is 1. The highest BCUT2D eigenvalue weighted by Gasteiger charge is 2.24. The quantitative estimate of drug-likeness (QED) is 0.103. The summed E-state index contributed by atoms with van der Waals surface area (Å²) in [4.78, 5) is 16.1. The zero-order chi connectivity index (χ0) is 29.7. The van der Waals surface area contributed by atoms with Crippen LogP contribution >= 0.6 is 11.8 Å². The number of carbonyl (C=O) groups is 1. The molecular formula is C36H42N2O3S. The number of carboxylic acid groups (broad SMARTS) is 1. The summed E-state index contributed by atoms with van der Waals surface area (Å²) < 4.78 is 5.94. The van der Waals surface area contributed by atoms with E-state index in [-0.39, 0.29) is 5.57 Å². The molecule has 5 nitrogen and oxygen atoms in total. The van der Waals surface area contributed by atoms with E-state index in [1.165, 1.54) is 68.0 Å². The largest absolute Gasteiger partial charge is 0.494 e. The van der Waals surface area contributed by atoms with Crippen molar-refractivity contribution < 1.29 is 14.6 Å². The van der Waals surface area contributed by atoms with E-state index in [0.717, 1.165) is 53.5 Å². The van der Waals surface area contributed by atoms with Gasteiger partial charge in [0, 0.05) is 16.3 Å². The maximum absolute atomic E-state index is 11.4. The molecule has 3 aromatic rings. The van der Waals surface area contributed by atoms with Crippen molar-refractivity contribution in [3.05, 3.63) is 71.8 Å². The second kappa shape index (κ2) is 16.1. The van der Waals surface area contributed by atoms with Gasteiger partial charge in [-0.05, 0) is 72.0 Å². The van der Waals surface area contributed by atoms with Gasteiger partial charge in [-0.1, -0.05) is 101 Å². The first-order valence-corrected chi connectivity index (χ1v) is 16.2. The van der Waals surface area contributed by atoms with Gasteiger partial charge in [0.25, 0.3) is 0 Å². The molecule has 0 unspecified atom stereocenters. The smallest absolute Gasteiger partial charge is 0.346 e. The maximum Gasteiger partial charge on any atom is 0.346 e. The van der Waals surface area contributed by atoms with Crippen LogP contribution in [0, 0.1) is 11.3 Å². The van der Waals surface area contributed by atoms with Crippen LogP contribution in [-0.2, 0) is 4.79 Å². The first-order chi connectivity index (χ1) is 20.5. The van der Waals surface area contributed by atoms with E-state index in [1.54, 1.807) is 17.8 Å². The summed E-state index contributed by atoms with van der Waals surface area (Å²) in [6, 6.07) is 22.8. The summed E-state index contributed by atoms with van der Waals surface area (Å²) in [6.45, 7) is 6.13. The zero-order valence-electron chi connectivity index (χ0n) is 24.9. The molecule has 0 saturated heterocycles. The lowest BCUT2D eigenvalue weighted by Gasteiger charge is -2.33. The number of fused-ring (bicyclic) bond motifs is 2. The van der Waals surface area contributed by atoms with Gasteiger partial charge in [0.15, 0.2) is 0 Å². The van der Waals surface area contributed by atoms with E-state index in [9.17, 15) is 15.2 Å². The molecule has 0 spiro atoms. The predicted molar refractivity (Wildman–Crippen MR) is 174 cm³/mol. The molecule has 1 aliphatic heterocycles. The Morgan fingerprint density at radius 2 is 1.45 bits per heavy atom. The number of hydrogen-bond acceptors (Lipinski definition) is 5. The number of benzene rings is 3. The number of ether oxygens (including phenoxy) is 1. The first kappa shape index (κ1) is 31.3. The standard InChI is InChI=1S/C36H42N2O3S/c1-3-5-7-9-10-11-21-38-32-19-13-27(23-30(26-37)36(39)40)24-34(32)42-35-25-29(16-20-33(35)38)28-14-17-31(18-15-28)41-22-12-8-6-4-2/h13-20,23-25H,3-12,21-22H2,1-2H3,(H,39,40)/b30-23-. The van der Waals surface area contributed by atoms with E-state index in [4.69, 9.17) is 4.74 Å². The monoisotopic (exact) mass is 582 g/mol. The fraction of sp³-hybridized carbons (Fsp3) is 0.389. The van der Waals surface area contributed by atoms with Crippen LogP contribution in [-0.4, -0.2) is 24.2 Å².